The number of hydrogen-bond donors (Lipinski definition) is 0. The molecule has 12 heavy (non-hydrogen) atoms. The van der Waals surface area contributed by atoms with Crippen LogP contribution in [0.5, 0.6) is 0 Å². The third kappa shape index (κ3) is 2.38. The van der Waals surface area contributed by atoms with Gasteiger partial charge in [-0.15, -0.1) is 0 Å². The van der Waals surface area contributed by atoms with Crippen molar-refractivity contribution in [2.75, 3.05) is 25.9 Å². The molecule has 1 rings (SSSR count). The van der Waals surface area contributed by atoms with Gasteiger partial charge in [-0.1, -0.05) is 11.9 Å². The van der Waals surface area contributed by atoms with Gasteiger partial charge in [-0.05, 0) is 27.0 Å². The van der Waals surface area contributed by atoms with Crippen LogP contribution < -0.4 is 0 Å². The molecule has 1 atom stereocenters. The molecule has 0 radical (unpaired) electrons. The largest absolute Gasteiger partial charge is 0.298 e. The van der Waals surface area contributed by atoms with Crippen molar-refractivity contribution in [2.24, 2.45) is 0 Å². The first-order valence-electron chi connectivity index (χ1n) is 4.70. The van der Waals surface area contributed by atoms with Crippen LogP contribution in [-0.4, -0.2) is 47.2 Å². The second-order valence-corrected chi connectivity index (χ2v) is 4.60. The zero-order chi connectivity index (χ0) is 9.14. The third-order valence-electron chi connectivity index (χ3n) is 2.56. The van der Waals surface area contributed by atoms with Crippen molar-refractivity contribution in [1.82, 2.24) is 9.21 Å². The van der Waals surface area contributed by atoms with Crippen molar-refractivity contribution in [3.8, 4) is 0 Å². The fraction of sp³-hybridized carbons (Fsp3) is 1.00. The molecule has 0 bridgehead atoms. The Morgan fingerprint density at radius 2 is 2.00 bits per heavy atom. The summed E-state index contributed by atoms with van der Waals surface area (Å²) in [7, 11) is 0. The van der Waals surface area contributed by atoms with Gasteiger partial charge in [0.1, 0.15) is 0 Å². The van der Waals surface area contributed by atoms with Crippen LogP contribution in [0, 0.1) is 0 Å². The molecule has 1 unspecified atom stereocenters. The molecular formula is C9H20N2S. The van der Waals surface area contributed by atoms with Gasteiger partial charge in [-0.3, -0.25) is 4.90 Å². The first kappa shape index (κ1) is 10.4. The second-order valence-electron chi connectivity index (χ2n) is 3.76. The van der Waals surface area contributed by atoms with E-state index in [-0.39, 0.29) is 0 Å². The lowest BCUT2D eigenvalue weighted by Gasteiger charge is -2.40. The predicted octanol–water partition coefficient (Wildman–Crippen LogP) is 1.68. The van der Waals surface area contributed by atoms with Gasteiger partial charge in [-0.25, -0.2) is 4.31 Å². The van der Waals surface area contributed by atoms with Gasteiger partial charge >= 0.3 is 0 Å². The van der Waals surface area contributed by atoms with E-state index in [2.05, 4.69) is 36.2 Å². The smallest absolute Gasteiger partial charge is 0.0302 e. The Hall–Kier alpha value is 0.270. The Balaban J connectivity index is 2.40. The normalized spacial score (nSPS) is 28.2. The van der Waals surface area contributed by atoms with Crippen LogP contribution in [0.2, 0.25) is 0 Å². The first-order chi connectivity index (χ1) is 5.65. The van der Waals surface area contributed by atoms with Gasteiger partial charge in [-0.2, -0.15) is 0 Å². The topological polar surface area (TPSA) is 6.48 Å². The summed E-state index contributed by atoms with van der Waals surface area (Å²) in [6.07, 6.45) is 2.17. The lowest BCUT2D eigenvalue weighted by atomic mass is 10.2. The Kier molecular flexibility index (Phi) is 3.87. The highest BCUT2D eigenvalue weighted by molar-refractivity contribution is 7.96. The molecule has 1 aliphatic heterocycles. The molecule has 1 fully saturated rings. The van der Waals surface area contributed by atoms with Crippen molar-refractivity contribution in [1.29, 1.82) is 0 Å². The maximum atomic E-state index is 2.55. The van der Waals surface area contributed by atoms with Crippen LogP contribution in [0.1, 0.15) is 20.8 Å². The highest BCUT2D eigenvalue weighted by Gasteiger charge is 2.23. The third-order valence-corrected chi connectivity index (χ3v) is 3.57. The highest BCUT2D eigenvalue weighted by atomic mass is 32.2. The molecular weight excluding hydrogens is 168 g/mol. The monoisotopic (exact) mass is 188 g/mol. The molecule has 3 heteroatoms. The maximum absolute atomic E-state index is 2.55. The summed E-state index contributed by atoms with van der Waals surface area (Å²) >= 11 is 1.87. The number of piperazine rings is 1. The van der Waals surface area contributed by atoms with Gasteiger partial charge in [0.05, 0.1) is 0 Å². The van der Waals surface area contributed by atoms with Crippen LogP contribution >= 0.6 is 11.9 Å². The van der Waals surface area contributed by atoms with Crippen molar-refractivity contribution in [3.05, 3.63) is 0 Å². The van der Waals surface area contributed by atoms with E-state index in [0.29, 0.717) is 12.1 Å². The lowest BCUT2D eigenvalue weighted by molar-refractivity contribution is 0.123. The maximum Gasteiger partial charge on any atom is 0.0302 e. The van der Waals surface area contributed by atoms with Gasteiger partial charge in [0.25, 0.3) is 0 Å². The molecule has 0 aromatic rings. The van der Waals surface area contributed by atoms with Crippen molar-refractivity contribution >= 4 is 11.9 Å². The highest BCUT2D eigenvalue weighted by Crippen LogP contribution is 2.17. The zero-order valence-corrected chi connectivity index (χ0v) is 9.40. The van der Waals surface area contributed by atoms with Gasteiger partial charge in [0, 0.05) is 31.7 Å². The summed E-state index contributed by atoms with van der Waals surface area (Å²) in [5.41, 5.74) is 0. The average molecular weight is 188 g/mol. The van der Waals surface area contributed by atoms with E-state index in [4.69, 9.17) is 0 Å². The van der Waals surface area contributed by atoms with E-state index in [9.17, 15) is 0 Å². The Labute approximate surface area is 80.4 Å². The summed E-state index contributed by atoms with van der Waals surface area (Å²) in [5.74, 6) is 0. The minimum absolute atomic E-state index is 0.705. The molecule has 0 aromatic carbocycles. The number of rotatable bonds is 2. The van der Waals surface area contributed by atoms with Gasteiger partial charge in [0.2, 0.25) is 0 Å². The lowest BCUT2D eigenvalue weighted by Crippen LogP contribution is -2.51. The SMILES string of the molecule is CSN1CCN(C(C)C)CC1C. The summed E-state index contributed by atoms with van der Waals surface area (Å²) in [6, 6.07) is 1.41. The quantitative estimate of drug-likeness (QED) is 0.609. The molecule has 2 nitrogen and oxygen atoms in total. The summed E-state index contributed by atoms with van der Waals surface area (Å²) in [5, 5.41) is 0. The molecule has 1 heterocycles. The minimum atomic E-state index is 0.705. The molecule has 0 amide bonds. The summed E-state index contributed by atoms with van der Waals surface area (Å²) < 4.78 is 2.47. The molecule has 0 saturated carbocycles. The zero-order valence-electron chi connectivity index (χ0n) is 8.58. The minimum Gasteiger partial charge on any atom is -0.298 e. The van der Waals surface area contributed by atoms with E-state index in [0.717, 1.165) is 0 Å². The average Bonchev–Trinajstić information content (AvgIpc) is 2.04. The van der Waals surface area contributed by atoms with Crippen molar-refractivity contribution in [2.45, 2.75) is 32.9 Å². The Morgan fingerprint density at radius 3 is 2.42 bits per heavy atom. The predicted molar refractivity (Wildman–Crippen MR) is 56.4 cm³/mol. The second kappa shape index (κ2) is 4.49. The summed E-state index contributed by atoms with van der Waals surface area (Å²) in [4.78, 5) is 2.55. The fourth-order valence-corrected chi connectivity index (χ4v) is 2.40. The Bertz CT molecular complexity index is 138. The molecule has 0 aromatic heterocycles. The van der Waals surface area contributed by atoms with Crippen LogP contribution in [-0.2, 0) is 0 Å². The first-order valence-corrected chi connectivity index (χ1v) is 5.88. The molecule has 1 aliphatic rings. The van der Waals surface area contributed by atoms with E-state index >= 15 is 0 Å². The standard InChI is InChI=1S/C9H20N2S/c1-8(2)10-5-6-11(12-4)9(3)7-10/h8-9H,5-7H2,1-4H3. The van der Waals surface area contributed by atoms with Crippen LogP contribution in [0.3, 0.4) is 0 Å². The van der Waals surface area contributed by atoms with E-state index in [1.165, 1.54) is 19.6 Å². The van der Waals surface area contributed by atoms with Crippen LogP contribution in [0.15, 0.2) is 0 Å². The van der Waals surface area contributed by atoms with E-state index in [1.54, 1.807) is 0 Å². The number of hydrogen-bond acceptors (Lipinski definition) is 3. The fourth-order valence-electron chi connectivity index (χ4n) is 1.71. The van der Waals surface area contributed by atoms with Crippen molar-refractivity contribution < 1.29 is 0 Å². The Morgan fingerprint density at radius 1 is 1.33 bits per heavy atom. The van der Waals surface area contributed by atoms with Gasteiger partial charge in [0.15, 0.2) is 0 Å². The molecule has 0 spiro atoms. The van der Waals surface area contributed by atoms with E-state index < -0.39 is 0 Å². The summed E-state index contributed by atoms with van der Waals surface area (Å²) in [6.45, 7) is 10.5. The van der Waals surface area contributed by atoms with Crippen LogP contribution in [0.25, 0.3) is 0 Å². The molecule has 72 valence electrons. The van der Waals surface area contributed by atoms with Crippen molar-refractivity contribution in [3.63, 3.8) is 0 Å². The van der Waals surface area contributed by atoms with Crippen LogP contribution in [0.4, 0.5) is 0 Å². The van der Waals surface area contributed by atoms with Gasteiger partial charge < -0.3 is 0 Å². The number of nitrogens with zero attached hydrogens (tertiary/aromatic N) is 2. The molecule has 0 aliphatic carbocycles. The van der Waals surface area contributed by atoms with E-state index in [1.807, 2.05) is 11.9 Å². The molecule has 0 N–H and O–H groups in total. The molecule has 1 saturated heterocycles.